The van der Waals surface area contributed by atoms with Gasteiger partial charge in [0.25, 0.3) is 11.6 Å². The van der Waals surface area contributed by atoms with Gasteiger partial charge in [0, 0.05) is 37.5 Å². The highest BCUT2D eigenvalue weighted by atomic mass is 16.6. The van der Waals surface area contributed by atoms with E-state index in [2.05, 4.69) is 10.6 Å². The summed E-state index contributed by atoms with van der Waals surface area (Å²) in [5.74, 6) is -0.709. The highest BCUT2D eigenvalue weighted by Gasteiger charge is 2.17. The van der Waals surface area contributed by atoms with Crippen molar-refractivity contribution in [1.29, 1.82) is 0 Å². The Bertz CT molecular complexity index is 514. The first-order valence-electron chi connectivity index (χ1n) is 6.22. The van der Waals surface area contributed by atoms with Crippen LogP contribution in [0.25, 0.3) is 0 Å². The minimum absolute atomic E-state index is 0.0142. The van der Waals surface area contributed by atoms with Crippen molar-refractivity contribution in [1.82, 2.24) is 5.32 Å². The Morgan fingerprint density at radius 1 is 1.60 bits per heavy atom. The number of nitrogens with one attached hydrogen (secondary N) is 2. The molecule has 1 aromatic carbocycles. The first kappa shape index (κ1) is 14.2. The zero-order valence-electron chi connectivity index (χ0n) is 10.8. The molecule has 8 nitrogen and oxygen atoms in total. The van der Waals surface area contributed by atoms with Gasteiger partial charge in [0.2, 0.25) is 0 Å². The molecule has 1 aromatic rings. The van der Waals surface area contributed by atoms with E-state index < -0.39 is 10.8 Å². The number of anilines is 1. The molecule has 0 aromatic heterocycles. The van der Waals surface area contributed by atoms with Crippen molar-refractivity contribution in [3.05, 3.63) is 33.9 Å². The second-order valence-corrected chi connectivity index (χ2v) is 4.43. The normalized spacial score (nSPS) is 18.5. The van der Waals surface area contributed by atoms with Crippen LogP contribution in [-0.4, -0.2) is 43.2 Å². The fraction of sp³-hybridized carbons (Fsp3) is 0.417. The van der Waals surface area contributed by atoms with Crippen molar-refractivity contribution in [3.8, 4) is 0 Å². The average molecular weight is 280 g/mol. The van der Waals surface area contributed by atoms with Gasteiger partial charge in [0.05, 0.1) is 23.2 Å². The van der Waals surface area contributed by atoms with E-state index >= 15 is 0 Å². The lowest BCUT2D eigenvalue weighted by atomic mass is 10.1. The molecule has 0 bridgehead atoms. The number of nitrogens with two attached hydrogens (primary N) is 1. The number of rotatable bonds is 5. The van der Waals surface area contributed by atoms with Crippen molar-refractivity contribution < 1.29 is 14.5 Å². The first-order valence-corrected chi connectivity index (χ1v) is 6.22. The summed E-state index contributed by atoms with van der Waals surface area (Å²) in [5, 5.41) is 16.9. The predicted octanol–water partition coefficient (Wildman–Crippen LogP) is 0.0940. The Morgan fingerprint density at radius 2 is 2.40 bits per heavy atom. The molecule has 108 valence electrons. The summed E-state index contributed by atoms with van der Waals surface area (Å²) in [6.07, 6.45) is -0.0142. The van der Waals surface area contributed by atoms with Crippen molar-refractivity contribution in [2.75, 3.05) is 31.6 Å². The number of morpholine rings is 1. The maximum absolute atomic E-state index is 11.4. The third kappa shape index (κ3) is 3.43. The number of nitro benzene ring substituents is 1. The van der Waals surface area contributed by atoms with Crippen LogP contribution in [0.4, 0.5) is 11.4 Å². The lowest BCUT2D eigenvalue weighted by molar-refractivity contribution is -0.384. The van der Waals surface area contributed by atoms with Crippen LogP contribution in [0.15, 0.2) is 18.2 Å². The number of nitrogens with zero attached hydrogens (tertiary/aromatic N) is 1. The summed E-state index contributed by atoms with van der Waals surface area (Å²) in [6, 6.07) is 3.98. The zero-order valence-corrected chi connectivity index (χ0v) is 10.8. The van der Waals surface area contributed by atoms with Crippen molar-refractivity contribution in [3.63, 3.8) is 0 Å². The first-order chi connectivity index (χ1) is 9.58. The Kier molecular flexibility index (Phi) is 4.49. The summed E-state index contributed by atoms with van der Waals surface area (Å²) in [5.41, 5.74) is 5.65. The van der Waals surface area contributed by atoms with Gasteiger partial charge in [-0.25, -0.2) is 0 Å². The van der Waals surface area contributed by atoms with E-state index in [0.717, 1.165) is 6.54 Å². The van der Waals surface area contributed by atoms with Gasteiger partial charge in [-0.1, -0.05) is 0 Å². The van der Waals surface area contributed by atoms with Crippen LogP contribution in [0.2, 0.25) is 0 Å². The van der Waals surface area contributed by atoms with Crippen LogP contribution >= 0.6 is 0 Å². The van der Waals surface area contributed by atoms with Crippen LogP contribution in [0.5, 0.6) is 0 Å². The van der Waals surface area contributed by atoms with Crippen molar-refractivity contribution in [2.24, 2.45) is 5.73 Å². The molecule has 1 aliphatic rings. The summed E-state index contributed by atoms with van der Waals surface area (Å²) in [6.45, 7) is 2.66. The molecule has 20 heavy (non-hydrogen) atoms. The smallest absolute Gasteiger partial charge is 0.270 e. The van der Waals surface area contributed by atoms with Gasteiger partial charge in [-0.2, -0.15) is 0 Å². The number of non-ortho nitro benzene ring substituents is 1. The molecule has 1 atom stereocenters. The van der Waals surface area contributed by atoms with E-state index in [0.29, 0.717) is 25.4 Å². The van der Waals surface area contributed by atoms with Gasteiger partial charge in [0.1, 0.15) is 0 Å². The number of hydrogen-bond acceptors (Lipinski definition) is 6. The Morgan fingerprint density at radius 3 is 3.00 bits per heavy atom. The number of nitro groups is 1. The van der Waals surface area contributed by atoms with Crippen LogP contribution in [0.1, 0.15) is 10.4 Å². The lowest BCUT2D eigenvalue weighted by Gasteiger charge is -2.24. The molecule has 1 fully saturated rings. The highest BCUT2D eigenvalue weighted by Crippen LogP contribution is 2.21. The fourth-order valence-corrected chi connectivity index (χ4v) is 1.98. The molecule has 0 spiro atoms. The van der Waals surface area contributed by atoms with Gasteiger partial charge in [-0.05, 0) is 6.07 Å². The third-order valence-electron chi connectivity index (χ3n) is 3.00. The summed E-state index contributed by atoms with van der Waals surface area (Å²) in [4.78, 5) is 21.5. The van der Waals surface area contributed by atoms with Gasteiger partial charge < -0.3 is 21.1 Å². The molecule has 0 aliphatic carbocycles. The molecule has 0 saturated carbocycles. The van der Waals surface area contributed by atoms with Gasteiger partial charge in [-0.3, -0.25) is 14.9 Å². The van der Waals surface area contributed by atoms with Gasteiger partial charge >= 0.3 is 0 Å². The molecule has 1 heterocycles. The second-order valence-electron chi connectivity index (χ2n) is 4.43. The van der Waals surface area contributed by atoms with Crippen molar-refractivity contribution in [2.45, 2.75) is 6.10 Å². The minimum Gasteiger partial charge on any atom is -0.382 e. The van der Waals surface area contributed by atoms with E-state index in [9.17, 15) is 14.9 Å². The van der Waals surface area contributed by atoms with Crippen LogP contribution in [0, 0.1) is 10.1 Å². The predicted molar refractivity (Wildman–Crippen MR) is 72.7 cm³/mol. The van der Waals surface area contributed by atoms with Crippen LogP contribution in [0.3, 0.4) is 0 Å². The highest BCUT2D eigenvalue weighted by molar-refractivity contribution is 5.99. The van der Waals surface area contributed by atoms with Gasteiger partial charge in [-0.15, -0.1) is 0 Å². The summed E-state index contributed by atoms with van der Waals surface area (Å²) >= 11 is 0. The Labute approximate surface area is 115 Å². The molecular formula is C12H16N4O4. The van der Waals surface area contributed by atoms with Crippen LogP contribution in [-0.2, 0) is 4.74 Å². The Hall–Kier alpha value is -2.19. The average Bonchev–Trinajstić information content (AvgIpc) is 2.45. The fourth-order valence-electron chi connectivity index (χ4n) is 1.98. The van der Waals surface area contributed by atoms with E-state index in [-0.39, 0.29) is 17.4 Å². The number of hydrogen-bond donors (Lipinski definition) is 3. The maximum atomic E-state index is 11.4. The van der Waals surface area contributed by atoms with E-state index in [1.54, 1.807) is 0 Å². The molecule has 0 radical (unpaired) electrons. The standard InChI is InChI=1S/C12H16N4O4/c13-12(17)10-5-8(16(18)19)1-2-11(10)15-7-9-6-14-3-4-20-9/h1-2,5,9,14-15H,3-4,6-7H2,(H2,13,17). The Balaban J connectivity index is 2.09. The summed E-state index contributed by atoms with van der Waals surface area (Å²) < 4.78 is 5.51. The van der Waals surface area contributed by atoms with Crippen LogP contribution < -0.4 is 16.4 Å². The number of primary amides is 1. The number of carbonyl (C=O) groups is 1. The number of ether oxygens (including phenoxy) is 1. The SMILES string of the molecule is NC(=O)c1cc([N+](=O)[O-])ccc1NCC1CNCCO1. The lowest BCUT2D eigenvalue weighted by Crippen LogP contribution is -2.42. The minimum atomic E-state index is -0.709. The van der Waals surface area contributed by atoms with E-state index in [4.69, 9.17) is 10.5 Å². The largest absolute Gasteiger partial charge is 0.382 e. The maximum Gasteiger partial charge on any atom is 0.270 e. The molecule has 8 heteroatoms. The van der Waals surface area contributed by atoms with E-state index in [1.807, 2.05) is 0 Å². The summed E-state index contributed by atoms with van der Waals surface area (Å²) in [7, 11) is 0. The van der Waals surface area contributed by atoms with Gasteiger partial charge in [0.15, 0.2) is 0 Å². The number of carbonyl (C=O) groups excluding carboxylic acids is 1. The third-order valence-corrected chi connectivity index (χ3v) is 3.00. The monoisotopic (exact) mass is 280 g/mol. The molecule has 1 saturated heterocycles. The molecule has 1 aliphatic heterocycles. The van der Waals surface area contributed by atoms with Crippen molar-refractivity contribution >= 4 is 17.3 Å². The molecular weight excluding hydrogens is 264 g/mol. The number of amides is 1. The quantitative estimate of drug-likeness (QED) is 0.519. The second kappa shape index (κ2) is 6.31. The topological polar surface area (TPSA) is 120 Å². The van der Waals surface area contributed by atoms with E-state index in [1.165, 1.54) is 18.2 Å². The molecule has 2 rings (SSSR count). The molecule has 1 unspecified atom stereocenters. The molecule has 1 amide bonds. The zero-order chi connectivity index (χ0) is 14.5. The molecule has 4 N–H and O–H groups in total. The number of benzene rings is 1.